The highest BCUT2D eigenvalue weighted by molar-refractivity contribution is 7.84. The first-order valence-electron chi connectivity index (χ1n) is 9.07. The zero-order chi connectivity index (χ0) is 23.6. The summed E-state index contributed by atoms with van der Waals surface area (Å²) in [4.78, 5) is 37.7. The maximum Gasteiger partial charge on any atom is 0.362 e. The van der Waals surface area contributed by atoms with E-state index in [-0.39, 0.29) is 19.9 Å². The molecule has 3 rings (SSSR count). The largest absolute Gasteiger partial charge is 0.362 e. The Hall–Kier alpha value is -2.31. The van der Waals surface area contributed by atoms with E-state index in [0.29, 0.717) is 5.56 Å². The van der Waals surface area contributed by atoms with Gasteiger partial charge in [-0.1, -0.05) is 59.6 Å². The van der Waals surface area contributed by atoms with E-state index in [0.717, 1.165) is 0 Å². The molecular weight excluding hydrogens is 501 g/mol. The summed E-state index contributed by atoms with van der Waals surface area (Å²) in [5.41, 5.74) is 0.671. The summed E-state index contributed by atoms with van der Waals surface area (Å²) in [7, 11) is -4.70. The molecule has 0 radical (unpaired) electrons. The number of nitrogens with zero attached hydrogens (tertiary/aromatic N) is 1. The molecule has 0 bridgehead atoms. The maximum atomic E-state index is 12.9. The van der Waals surface area contributed by atoms with E-state index < -0.39 is 51.9 Å². The molecule has 170 valence electrons. The molecule has 0 aliphatic carbocycles. The van der Waals surface area contributed by atoms with E-state index in [1.54, 1.807) is 48.5 Å². The predicted octanol–water partition coefficient (Wildman–Crippen LogP) is 1.95. The number of amides is 3. The summed E-state index contributed by atoms with van der Waals surface area (Å²) < 4.78 is 31.3. The summed E-state index contributed by atoms with van der Waals surface area (Å²) in [5.74, 6) is -2.43. The van der Waals surface area contributed by atoms with Gasteiger partial charge in [0.05, 0.1) is 6.54 Å². The summed E-state index contributed by atoms with van der Waals surface area (Å²) in [5, 5.41) is 4.28. The molecule has 2 aromatic rings. The molecule has 0 saturated carbocycles. The Morgan fingerprint density at radius 1 is 1.06 bits per heavy atom. The zero-order valence-corrected chi connectivity index (χ0v) is 19.3. The minimum absolute atomic E-state index is 0.219. The van der Waals surface area contributed by atoms with Crippen LogP contribution < -0.4 is 10.6 Å². The molecule has 1 aliphatic rings. The standard InChI is InChI=1S/C19H17Cl2N3O6S2/c20-11-7-4-8-12(21)14(11)16(31)18(26)23-15(10-5-2-1-3-6-10)17(25)22-13-9-24(19(13)27)32(28,29)30/h1-8,13,15-16,31H,9H2,(H,22,25)(H,23,26)(H,28,29,30)/t13?,15-,16?/m1/s1. The number of thiol groups is 1. The van der Waals surface area contributed by atoms with Crippen LogP contribution in [-0.4, -0.2) is 47.6 Å². The van der Waals surface area contributed by atoms with Crippen LogP contribution in [0, 0.1) is 0 Å². The van der Waals surface area contributed by atoms with Gasteiger partial charge in [-0.2, -0.15) is 21.0 Å². The summed E-state index contributed by atoms with van der Waals surface area (Å²) in [6, 6.07) is 10.5. The van der Waals surface area contributed by atoms with Crippen molar-refractivity contribution in [3.8, 4) is 0 Å². The van der Waals surface area contributed by atoms with Gasteiger partial charge in [0.2, 0.25) is 11.8 Å². The van der Waals surface area contributed by atoms with Crippen molar-refractivity contribution in [3.05, 3.63) is 69.7 Å². The van der Waals surface area contributed by atoms with Gasteiger partial charge in [0.15, 0.2) is 0 Å². The second-order valence-corrected chi connectivity index (χ2v) is 9.47. The fraction of sp³-hybridized carbons (Fsp3) is 0.211. The third kappa shape index (κ3) is 5.18. The van der Waals surface area contributed by atoms with E-state index in [1.165, 1.54) is 0 Å². The summed E-state index contributed by atoms with van der Waals surface area (Å²) in [6.45, 7) is -0.427. The Bertz CT molecular complexity index is 1140. The Morgan fingerprint density at radius 3 is 2.19 bits per heavy atom. The lowest BCUT2D eigenvalue weighted by Crippen LogP contribution is -2.66. The minimum Gasteiger partial charge on any atom is -0.341 e. The van der Waals surface area contributed by atoms with Crippen molar-refractivity contribution in [2.45, 2.75) is 17.3 Å². The number of β-lactam (4-membered cyclic amide) rings is 1. The highest BCUT2D eigenvalue weighted by Gasteiger charge is 2.45. The van der Waals surface area contributed by atoms with Gasteiger partial charge >= 0.3 is 10.3 Å². The van der Waals surface area contributed by atoms with E-state index in [1.807, 2.05) is 0 Å². The Balaban J connectivity index is 1.79. The van der Waals surface area contributed by atoms with Gasteiger partial charge in [-0.15, -0.1) is 0 Å². The molecule has 3 amide bonds. The number of nitrogens with one attached hydrogen (secondary N) is 2. The van der Waals surface area contributed by atoms with E-state index in [4.69, 9.17) is 27.8 Å². The van der Waals surface area contributed by atoms with Crippen LogP contribution in [0.4, 0.5) is 0 Å². The van der Waals surface area contributed by atoms with Gasteiger partial charge < -0.3 is 10.6 Å². The molecule has 1 heterocycles. The predicted molar refractivity (Wildman–Crippen MR) is 121 cm³/mol. The molecule has 1 fully saturated rings. The van der Waals surface area contributed by atoms with Crippen molar-refractivity contribution in [2.75, 3.05) is 6.54 Å². The molecule has 3 atom stereocenters. The van der Waals surface area contributed by atoms with Crippen molar-refractivity contribution >= 4 is 63.9 Å². The first-order valence-corrected chi connectivity index (χ1v) is 11.7. The van der Waals surface area contributed by atoms with Crippen LogP contribution in [0.1, 0.15) is 22.4 Å². The summed E-state index contributed by atoms with van der Waals surface area (Å²) >= 11 is 16.6. The minimum atomic E-state index is -4.70. The van der Waals surface area contributed by atoms with Crippen LogP contribution >= 0.6 is 35.8 Å². The lowest BCUT2D eigenvalue weighted by molar-refractivity contribution is -0.141. The van der Waals surface area contributed by atoms with Crippen molar-refractivity contribution < 1.29 is 27.4 Å². The molecule has 13 heteroatoms. The molecular formula is C19H17Cl2N3O6S2. The second-order valence-electron chi connectivity index (χ2n) is 6.80. The average Bonchev–Trinajstić information content (AvgIpc) is 2.73. The fourth-order valence-corrected chi connectivity index (χ4v) is 4.85. The van der Waals surface area contributed by atoms with Crippen LogP contribution in [0.5, 0.6) is 0 Å². The fourth-order valence-electron chi connectivity index (χ4n) is 3.04. The number of hydrogen-bond acceptors (Lipinski definition) is 6. The van der Waals surface area contributed by atoms with E-state index in [9.17, 15) is 22.8 Å². The maximum absolute atomic E-state index is 12.9. The molecule has 2 aromatic carbocycles. The van der Waals surface area contributed by atoms with Gasteiger partial charge in [-0.25, -0.2) is 4.31 Å². The van der Waals surface area contributed by atoms with Crippen molar-refractivity contribution in [1.29, 1.82) is 0 Å². The lowest BCUT2D eigenvalue weighted by Gasteiger charge is -2.36. The molecule has 3 N–H and O–H groups in total. The van der Waals surface area contributed by atoms with Crippen LogP contribution in [-0.2, 0) is 24.7 Å². The first kappa shape index (κ1) is 24.3. The first-order chi connectivity index (χ1) is 15.0. The Morgan fingerprint density at radius 2 is 1.66 bits per heavy atom. The summed E-state index contributed by atoms with van der Waals surface area (Å²) in [6.07, 6.45) is 0. The van der Waals surface area contributed by atoms with Crippen LogP contribution in [0.3, 0.4) is 0 Å². The molecule has 1 saturated heterocycles. The van der Waals surface area contributed by atoms with Gasteiger partial charge in [0.25, 0.3) is 5.91 Å². The normalized spacial score (nSPS) is 17.8. The van der Waals surface area contributed by atoms with Crippen LogP contribution in [0.2, 0.25) is 10.0 Å². The molecule has 0 spiro atoms. The van der Waals surface area contributed by atoms with Crippen molar-refractivity contribution in [2.24, 2.45) is 0 Å². The quantitative estimate of drug-likeness (QED) is 0.252. The smallest absolute Gasteiger partial charge is 0.341 e. The number of carbonyl (C=O) groups is 3. The average molecular weight is 518 g/mol. The van der Waals surface area contributed by atoms with Crippen LogP contribution in [0.25, 0.3) is 0 Å². The number of hydrogen-bond donors (Lipinski definition) is 4. The monoisotopic (exact) mass is 517 g/mol. The van der Waals surface area contributed by atoms with Crippen LogP contribution in [0.15, 0.2) is 48.5 Å². The van der Waals surface area contributed by atoms with Gasteiger partial charge in [-0.3, -0.25) is 18.9 Å². The van der Waals surface area contributed by atoms with Gasteiger partial charge in [0.1, 0.15) is 17.3 Å². The number of rotatable bonds is 7. The molecule has 9 nitrogen and oxygen atoms in total. The topological polar surface area (TPSA) is 133 Å². The highest BCUT2D eigenvalue weighted by Crippen LogP contribution is 2.34. The molecule has 0 aromatic heterocycles. The molecule has 2 unspecified atom stereocenters. The highest BCUT2D eigenvalue weighted by atomic mass is 35.5. The third-order valence-electron chi connectivity index (χ3n) is 4.69. The lowest BCUT2D eigenvalue weighted by atomic mass is 10.0. The Labute approximate surface area is 199 Å². The zero-order valence-electron chi connectivity index (χ0n) is 16.1. The van der Waals surface area contributed by atoms with E-state index >= 15 is 0 Å². The Kier molecular flexibility index (Phi) is 7.36. The number of carbonyl (C=O) groups excluding carboxylic acids is 3. The number of benzene rings is 2. The van der Waals surface area contributed by atoms with Crippen molar-refractivity contribution in [3.63, 3.8) is 0 Å². The van der Waals surface area contributed by atoms with Crippen molar-refractivity contribution in [1.82, 2.24) is 14.9 Å². The molecule has 1 aliphatic heterocycles. The third-order valence-corrected chi connectivity index (χ3v) is 6.73. The SMILES string of the molecule is O=C(N[C@@H](C(=O)NC1CN(S(=O)(=O)O)C1=O)c1ccccc1)C(S)c1c(Cl)cccc1Cl. The van der Waals surface area contributed by atoms with Gasteiger partial charge in [-0.05, 0) is 17.7 Å². The molecule has 32 heavy (non-hydrogen) atoms. The number of halogens is 2. The second kappa shape index (κ2) is 9.67. The van der Waals surface area contributed by atoms with Gasteiger partial charge in [0, 0.05) is 15.6 Å². The van der Waals surface area contributed by atoms with E-state index in [2.05, 4.69) is 23.3 Å².